The van der Waals surface area contributed by atoms with Crippen LogP contribution in [0.5, 0.6) is 5.75 Å². The predicted octanol–water partition coefficient (Wildman–Crippen LogP) is 4.68. The molecule has 1 amide bonds. The largest absolute Gasteiger partial charge is 0.495 e. The zero-order valence-electron chi connectivity index (χ0n) is 15.6. The molecule has 3 heterocycles. The number of ketones is 1. The van der Waals surface area contributed by atoms with E-state index in [0.29, 0.717) is 21.9 Å². The van der Waals surface area contributed by atoms with Crippen LogP contribution in [-0.4, -0.2) is 33.3 Å². The Balaban J connectivity index is 1.59. The molecule has 0 fully saturated rings. The van der Waals surface area contributed by atoms with E-state index in [9.17, 15) is 9.59 Å². The third kappa shape index (κ3) is 4.02. The van der Waals surface area contributed by atoms with E-state index in [-0.39, 0.29) is 28.5 Å². The highest BCUT2D eigenvalue weighted by Gasteiger charge is 2.17. The number of benzene rings is 1. The lowest BCUT2D eigenvalue weighted by atomic mass is 10.1. The number of thiophene rings is 1. The second kappa shape index (κ2) is 8.43. The summed E-state index contributed by atoms with van der Waals surface area (Å²) in [5.41, 5.74) is 0.788. The number of rotatable bonds is 6. The number of fused-ring (bicyclic) bond motifs is 1. The van der Waals surface area contributed by atoms with Gasteiger partial charge in [-0.3, -0.25) is 9.59 Å². The van der Waals surface area contributed by atoms with Gasteiger partial charge in [-0.25, -0.2) is 9.97 Å². The average molecular weight is 461 g/mol. The molecule has 1 aromatic carbocycles. The Bertz CT molecular complexity index is 1240. The SMILES string of the molecule is COc1ccc(C(=O)c2cc3cccnc3s2)cc1NC(=O)Cn1cnc(Cl)c1Cl. The standard InChI is InChI=1S/C20H14Cl2N4O3S/c1-29-14-5-4-11(17(28)15-8-12-3-2-6-23-20(12)30-15)7-13(14)25-16(27)9-26-10-24-18(21)19(26)22/h2-8,10H,9H2,1H3,(H,25,27). The summed E-state index contributed by atoms with van der Waals surface area (Å²) in [4.78, 5) is 34.9. The van der Waals surface area contributed by atoms with Crippen molar-refractivity contribution >= 4 is 62.1 Å². The third-order valence-corrected chi connectivity index (χ3v) is 6.13. The number of pyridine rings is 1. The van der Waals surface area contributed by atoms with Crippen molar-refractivity contribution in [1.82, 2.24) is 14.5 Å². The molecule has 4 aromatic rings. The molecule has 7 nitrogen and oxygen atoms in total. The van der Waals surface area contributed by atoms with Crippen LogP contribution < -0.4 is 10.1 Å². The highest BCUT2D eigenvalue weighted by Crippen LogP contribution is 2.30. The molecule has 4 rings (SSSR count). The van der Waals surface area contributed by atoms with E-state index in [1.165, 1.54) is 29.3 Å². The maximum Gasteiger partial charge on any atom is 0.244 e. The Morgan fingerprint density at radius 2 is 2.03 bits per heavy atom. The smallest absolute Gasteiger partial charge is 0.244 e. The van der Waals surface area contributed by atoms with Crippen LogP contribution in [-0.2, 0) is 11.3 Å². The quantitative estimate of drug-likeness (QED) is 0.422. The van der Waals surface area contributed by atoms with Crippen molar-refractivity contribution in [3.63, 3.8) is 0 Å². The van der Waals surface area contributed by atoms with Crippen molar-refractivity contribution in [1.29, 1.82) is 0 Å². The van der Waals surface area contributed by atoms with Crippen molar-refractivity contribution in [2.24, 2.45) is 0 Å². The number of halogens is 2. The maximum atomic E-state index is 13.0. The summed E-state index contributed by atoms with van der Waals surface area (Å²) >= 11 is 13.1. The molecule has 0 saturated carbocycles. The van der Waals surface area contributed by atoms with Gasteiger partial charge in [0.15, 0.2) is 5.15 Å². The van der Waals surface area contributed by atoms with Gasteiger partial charge in [-0.2, -0.15) is 0 Å². The molecule has 0 aliphatic heterocycles. The molecule has 3 aromatic heterocycles. The first-order chi connectivity index (χ1) is 14.5. The van der Waals surface area contributed by atoms with E-state index < -0.39 is 0 Å². The molecule has 30 heavy (non-hydrogen) atoms. The number of carbonyl (C=O) groups is 2. The van der Waals surface area contributed by atoms with Crippen LogP contribution in [0.1, 0.15) is 15.2 Å². The van der Waals surface area contributed by atoms with Crippen molar-refractivity contribution in [3.05, 3.63) is 69.7 Å². The van der Waals surface area contributed by atoms with Crippen LogP contribution in [0.3, 0.4) is 0 Å². The molecule has 0 saturated heterocycles. The van der Waals surface area contributed by atoms with Crippen molar-refractivity contribution in [2.45, 2.75) is 6.54 Å². The normalized spacial score (nSPS) is 10.9. The number of hydrogen-bond donors (Lipinski definition) is 1. The summed E-state index contributed by atoms with van der Waals surface area (Å²) in [5, 5.41) is 3.94. The van der Waals surface area contributed by atoms with Crippen molar-refractivity contribution in [2.75, 3.05) is 12.4 Å². The van der Waals surface area contributed by atoms with Crippen LogP contribution in [0, 0.1) is 0 Å². The minimum atomic E-state index is -0.375. The molecule has 0 unspecified atom stereocenters. The fourth-order valence-corrected chi connectivity index (χ4v) is 4.14. The molecule has 0 aliphatic carbocycles. The van der Waals surface area contributed by atoms with Gasteiger partial charge in [-0.15, -0.1) is 11.3 Å². The fourth-order valence-electron chi connectivity index (χ4n) is 2.87. The lowest BCUT2D eigenvalue weighted by molar-refractivity contribution is -0.116. The summed E-state index contributed by atoms with van der Waals surface area (Å²) in [6.45, 7) is -0.0954. The van der Waals surface area contributed by atoms with E-state index in [2.05, 4.69) is 15.3 Å². The average Bonchev–Trinajstić information content (AvgIpc) is 3.32. The highest BCUT2D eigenvalue weighted by atomic mass is 35.5. The molecule has 0 spiro atoms. The number of anilines is 1. The first kappa shape index (κ1) is 20.3. The van der Waals surface area contributed by atoms with E-state index in [4.69, 9.17) is 27.9 Å². The number of methoxy groups -OCH3 is 1. The number of amides is 1. The monoisotopic (exact) mass is 460 g/mol. The number of carbonyl (C=O) groups excluding carboxylic acids is 2. The summed E-state index contributed by atoms with van der Waals surface area (Å²) in [6.07, 6.45) is 3.06. The molecule has 1 N–H and O–H groups in total. The van der Waals surface area contributed by atoms with Crippen LogP contribution in [0.2, 0.25) is 10.3 Å². The Kier molecular flexibility index (Phi) is 5.72. The molecule has 0 bridgehead atoms. The van der Waals surface area contributed by atoms with Crippen molar-refractivity contribution in [3.8, 4) is 5.75 Å². The molecule has 152 valence electrons. The maximum absolute atomic E-state index is 13.0. The summed E-state index contributed by atoms with van der Waals surface area (Å²) in [5.74, 6) is -0.117. The molecular weight excluding hydrogens is 447 g/mol. The highest BCUT2D eigenvalue weighted by molar-refractivity contribution is 7.20. The molecular formula is C20H14Cl2N4O3S. The second-order valence-electron chi connectivity index (χ2n) is 6.25. The van der Waals surface area contributed by atoms with Crippen LogP contribution in [0.15, 0.2) is 48.9 Å². The predicted molar refractivity (Wildman–Crippen MR) is 117 cm³/mol. The molecule has 0 radical (unpaired) electrons. The zero-order chi connectivity index (χ0) is 21.3. The minimum Gasteiger partial charge on any atom is -0.495 e. The van der Waals surface area contributed by atoms with Crippen LogP contribution in [0.4, 0.5) is 5.69 Å². The summed E-state index contributed by atoms with van der Waals surface area (Å²) < 4.78 is 6.72. The van der Waals surface area contributed by atoms with Crippen LogP contribution in [0.25, 0.3) is 10.2 Å². The number of ether oxygens (including phenoxy) is 1. The Labute approximate surface area is 185 Å². The summed E-state index contributed by atoms with van der Waals surface area (Å²) in [6, 6.07) is 10.4. The van der Waals surface area contributed by atoms with Gasteiger partial charge >= 0.3 is 0 Å². The molecule has 0 atom stereocenters. The van der Waals surface area contributed by atoms with E-state index in [1.54, 1.807) is 24.4 Å². The van der Waals surface area contributed by atoms with Gasteiger partial charge in [0.1, 0.15) is 22.3 Å². The van der Waals surface area contributed by atoms with Gasteiger partial charge in [-0.05, 0) is 30.3 Å². The number of nitrogens with zero attached hydrogens (tertiary/aromatic N) is 3. The lowest BCUT2D eigenvalue weighted by Gasteiger charge is -2.12. The lowest BCUT2D eigenvalue weighted by Crippen LogP contribution is -2.19. The molecule has 0 aliphatic rings. The number of imidazole rings is 1. The number of nitrogens with one attached hydrogen (secondary N) is 1. The van der Waals surface area contributed by atoms with Gasteiger partial charge in [0.05, 0.1) is 24.0 Å². The minimum absolute atomic E-state index is 0.0954. The Hall–Kier alpha value is -2.94. The first-order valence-corrected chi connectivity index (χ1v) is 10.3. The van der Waals surface area contributed by atoms with Gasteiger partial charge < -0.3 is 14.6 Å². The Morgan fingerprint density at radius 3 is 2.73 bits per heavy atom. The third-order valence-electron chi connectivity index (χ3n) is 4.30. The first-order valence-electron chi connectivity index (χ1n) is 8.69. The number of hydrogen-bond acceptors (Lipinski definition) is 6. The fraction of sp³-hybridized carbons (Fsp3) is 0.100. The van der Waals surface area contributed by atoms with Gasteiger partial charge in [0, 0.05) is 17.1 Å². The zero-order valence-corrected chi connectivity index (χ0v) is 17.9. The van der Waals surface area contributed by atoms with Gasteiger partial charge in [0.25, 0.3) is 0 Å². The van der Waals surface area contributed by atoms with E-state index in [0.717, 1.165) is 10.2 Å². The van der Waals surface area contributed by atoms with Gasteiger partial charge in [0.2, 0.25) is 11.7 Å². The van der Waals surface area contributed by atoms with E-state index >= 15 is 0 Å². The van der Waals surface area contributed by atoms with Gasteiger partial charge in [-0.1, -0.05) is 29.3 Å². The number of aromatic nitrogens is 3. The van der Waals surface area contributed by atoms with Crippen LogP contribution >= 0.6 is 34.5 Å². The molecule has 10 heteroatoms. The summed E-state index contributed by atoms with van der Waals surface area (Å²) in [7, 11) is 1.48. The Morgan fingerprint density at radius 1 is 1.20 bits per heavy atom. The van der Waals surface area contributed by atoms with Crippen molar-refractivity contribution < 1.29 is 14.3 Å². The van der Waals surface area contributed by atoms with E-state index in [1.807, 2.05) is 18.2 Å². The topological polar surface area (TPSA) is 86.1 Å². The second-order valence-corrected chi connectivity index (χ2v) is 8.00.